The maximum Gasteiger partial charge on any atom is 0.318 e. The zero-order valence-electron chi connectivity index (χ0n) is 14.7. The predicted molar refractivity (Wildman–Crippen MR) is 93.4 cm³/mol. The number of hydrogen-bond donors (Lipinski definition) is 2. The Balaban J connectivity index is 1.71. The number of amides is 3. The Morgan fingerprint density at radius 2 is 2.12 bits per heavy atom. The van der Waals surface area contributed by atoms with Gasteiger partial charge in [0.1, 0.15) is 11.9 Å². The fraction of sp³-hybridized carbons (Fsp3) is 0.579. The van der Waals surface area contributed by atoms with Crippen LogP contribution < -0.4 is 10.6 Å². The molecule has 6 heteroatoms. The second kappa shape index (κ2) is 7.42. The number of urea groups is 1. The van der Waals surface area contributed by atoms with Gasteiger partial charge in [0.05, 0.1) is 0 Å². The third-order valence-corrected chi connectivity index (χ3v) is 5.36. The van der Waals surface area contributed by atoms with E-state index in [2.05, 4.69) is 17.6 Å². The summed E-state index contributed by atoms with van der Waals surface area (Å²) >= 11 is 0. The van der Waals surface area contributed by atoms with Gasteiger partial charge >= 0.3 is 6.03 Å². The normalized spacial score (nSPS) is 23.0. The summed E-state index contributed by atoms with van der Waals surface area (Å²) in [4.78, 5) is 26.6. The molecule has 2 N–H and O–H groups in total. The van der Waals surface area contributed by atoms with E-state index in [0.29, 0.717) is 25.2 Å². The van der Waals surface area contributed by atoms with E-state index < -0.39 is 11.9 Å². The van der Waals surface area contributed by atoms with Crippen molar-refractivity contribution in [3.63, 3.8) is 0 Å². The Morgan fingerprint density at radius 1 is 1.36 bits per heavy atom. The SMILES string of the molecule is CC1(CNC(=O)N2CCNC(=O)[C@H]2c2cccc(F)c2)CCCCC1. The van der Waals surface area contributed by atoms with E-state index >= 15 is 0 Å². The fourth-order valence-corrected chi connectivity index (χ4v) is 3.87. The predicted octanol–water partition coefficient (Wildman–Crippen LogP) is 2.98. The van der Waals surface area contributed by atoms with Crippen molar-refractivity contribution in [3.8, 4) is 0 Å². The average molecular weight is 347 g/mol. The maximum atomic E-state index is 13.6. The lowest BCUT2D eigenvalue weighted by molar-refractivity contribution is -0.127. The molecular weight excluding hydrogens is 321 g/mol. The first-order valence-electron chi connectivity index (χ1n) is 9.06. The molecule has 0 radical (unpaired) electrons. The number of benzene rings is 1. The average Bonchev–Trinajstić information content (AvgIpc) is 2.60. The van der Waals surface area contributed by atoms with Crippen LogP contribution in [0.5, 0.6) is 0 Å². The Bertz CT molecular complexity index is 643. The number of nitrogens with zero attached hydrogens (tertiary/aromatic N) is 1. The van der Waals surface area contributed by atoms with Crippen molar-refractivity contribution in [1.29, 1.82) is 0 Å². The number of halogens is 1. The highest BCUT2D eigenvalue weighted by molar-refractivity contribution is 5.89. The van der Waals surface area contributed by atoms with Gasteiger partial charge in [-0.15, -0.1) is 0 Å². The van der Waals surface area contributed by atoms with Gasteiger partial charge in [-0.3, -0.25) is 4.79 Å². The van der Waals surface area contributed by atoms with Crippen LogP contribution in [-0.2, 0) is 4.79 Å². The fourth-order valence-electron chi connectivity index (χ4n) is 3.87. The molecule has 3 rings (SSSR count). The molecular formula is C19H26FN3O2. The molecule has 2 fully saturated rings. The van der Waals surface area contributed by atoms with Crippen LogP contribution in [0.2, 0.25) is 0 Å². The molecule has 1 aromatic carbocycles. The molecule has 1 saturated heterocycles. The van der Waals surface area contributed by atoms with Gasteiger partial charge in [0.2, 0.25) is 5.91 Å². The molecule has 1 atom stereocenters. The lowest BCUT2D eigenvalue weighted by Gasteiger charge is -2.38. The van der Waals surface area contributed by atoms with Gasteiger partial charge < -0.3 is 15.5 Å². The van der Waals surface area contributed by atoms with E-state index in [4.69, 9.17) is 0 Å². The summed E-state index contributed by atoms with van der Waals surface area (Å²) < 4.78 is 13.6. The molecule has 1 aliphatic carbocycles. The highest BCUT2D eigenvalue weighted by Gasteiger charge is 2.35. The van der Waals surface area contributed by atoms with Crippen LogP contribution in [0.1, 0.15) is 50.6 Å². The molecule has 1 aliphatic heterocycles. The van der Waals surface area contributed by atoms with E-state index in [1.165, 1.54) is 36.3 Å². The molecule has 3 amide bonds. The van der Waals surface area contributed by atoms with Crippen LogP contribution in [0.4, 0.5) is 9.18 Å². The second-order valence-electron chi connectivity index (χ2n) is 7.47. The van der Waals surface area contributed by atoms with Gasteiger partial charge in [0.15, 0.2) is 0 Å². The van der Waals surface area contributed by atoms with E-state index in [0.717, 1.165) is 12.8 Å². The van der Waals surface area contributed by atoms with Gasteiger partial charge in [0, 0.05) is 19.6 Å². The first-order valence-corrected chi connectivity index (χ1v) is 9.06. The quantitative estimate of drug-likeness (QED) is 0.883. The highest BCUT2D eigenvalue weighted by Crippen LogP contribution is 2.35. The van der Waals surface area contributed by atoms with Crippen molar-refractivity contribution in [2.75, 3.05) is 19.6 Å². The van der Waals surface area contributed by atoms with Gasteiger partial charge in [-0.25, -0.2) is 9.18 Å². The van der Waals surface area contributed by atoms with E-state index in [-0.39, 0.29) is 17.4 Å². The van der Waals surface area contributed by atoms with Crippen molar-refractivity contribution < 1.29 is 14.0 Å². The topological polar surface area (TPSA) is 61.4 Å². The molecule has 1 heterocycles. The third kappa shape index (κ3) is 4.11. The third-order valence-electron chi connectivity index (χ3n) is 5.36. The second-order valence-corrected chi connectivity index (χ2v) is 7.47. The van der Waals surface area contributed by atoms with Gasteiger partial charge in [-0.1, -0.05) is 38.3 Å². The lowest BCUT2D eigenvalue weighted by Crippen LogP contribution is -2.55. The van der Waals surface area contributed by atoms with Crippen molar-refractivity contribution in [1.82, 2.24) is 15.5 Å². The van der Waals surface area contributed by atoms with Crippen LogP contribution in [0.15, 0.2) is 24.3 Å². The smallest absolute Gasteiger partial charge is 0.318 e. The number of carbonyl (C=O) groups is 2. The number of nitrogens with one attached hydrogen (secondary N) is 2. The van der Waals surface area contributed by atoms with Gasteiger partial charge in [0.25, 0.3) is 0 Å². The van der Waals surface area contributed by atoms with E-state index in [9.17, 15) is 14.0 Å². The first-order chi connectivity index (χ1) is 12.0. The minimum atomic E-state index is -0.788. The molecule has 0 spiro atoms. The first kappa shape index (κ1) is 17.7. The molecule has 2 aliphatic rings. The molecule has 136 valence electrons. The van der Waals surface area contributed by atoms with Crippen molar-refractivity contribution in [2.45, 2.75) is 45.1 Å². The minimum Gasteiger partial charge on any atom is -0.352 e. The Labute approximate surface area is 148 Å². The molecule has 0 aromatic heterocycles. The molecule has 0 unspecified atom stereocenters. The number of carbonyl (C=O) groups excluding carboxylic acids is 2. The highest BCUT2D eigenvalue weighted by atomic mass is 19.1. The summed E-state index contributed by atoms with van der Waals surface area (Å²) in [5.74, 6) is -0.679. The summed E-state index contributed by atoms with van der Waals surface area (Å²) in [5.41, 5.74) is 0.622. The van der Waals surface area contributed by atoms with Crippen LogP contribution in [0, 0.1) is 11.2 Å². The monoisotopic (exact) mass is 347 g/mol. The summed E-state index contributed by atoms with van der Waals surface area (Å²) in [6.45, 7) is 3.64. The Hall–Kier alpha value is -2.11. The van der Waals surface area contributed by atoms with Crippen molar-refractivity contribution in [2.24, 2.45) is 5.41 Å². The zero-order valence-corrected chi connectivity index (χ0v) is 14.7. The number of hydrogen-bond acceptors (Lipinski definition) is 2. The standard InChI is InChI=1S/C19H26FN3O2/c1-19(8-3-2-4-9-19)13-22-18(25)23-11-10-21-17(24)16(23)14-6-5-7-15(20)12-14/h5-7,12,16H,2-4,8-11,13H2,1H3,(H,21,24)(H,22,25)/t16-/m1/s1. The molecule has 1 aromatic rings. The zero-order chi connectivity index (χ0) is 17.9. The summed E-state index contributed by atoms with van der Waals surface area (Å²) in [6, 6.07) is 4.85. The van der Waals surface area contributed by atoms with Crippen molar-refractivity contribution in [3.05, 3.63) is 35.6 Å². The lowest BCUT2D eigenvalue weighted by atomic mass is 9.76. The van der Waals surface area contributed by atoms with E-state index in [1.54, 1.807) is 12.1 Å². The number of rotatable bonds is 3. The molecule has 25 heavy (non-hydrogen) atoms. The van der Waals surface area contributed by atoms with Gasteiger partial charge in [-0.05, 0) is 36.0 Å². The largest absolute Gasteiger partial charge is 0.352 e. The molecule has 1 saturated carbocycles. The Kier molecular flexibility index (Phi) is 5.25. The van der Waals surface area contributed by atoms with Crippen LogP contribution in [-0.4, -0.2) is 36.5 Å². The molecule has 5 nitrogen and oxygen atoms in total. The maximum absolute atomic E-state index is 13.6. The van der Waals surface area contributed by atoms with Crippen LogP contribution >= 0.6 is 0 Å². The summed E-state index contributed by atoms with van der Waals surface area (Å²) in [7, 11) is 0. The minimum absolute atomic E-state index is 0.125. The summed E-state index contributed by atoms with van der Waals surface area (Å²) in [6.07, 6.45) is 5.88. The van der Waals surface area contributed by atoms with Crippen LogP contribution in [0.3, 0.4) is 0 Å². The summed E-state index contributed by atoms with van der Waals surface area (Å²) in [5, 5.41) is 5.78. The van der Waals surface area contributed by atoms with E-state index in [1.807, 2.05) is 0 Å². The van der Waals surface area contributed by atoms with Gasteiger partial charge in [-0.2, -0.15) is 0 Å². The Morgan fingerprint density at radius 3 is 2.84 bits per heavy atom. The van der Waals surface area contributed by atoms with Crippen LogP contribution in [0.25, 0.3) is 0 Å². The number of piperazine rings is 1. The molecule has 0 bridgehead atoms. The van der Waals surface area contributed by atoms with Crippen molar-refractivity contribution >= 4 is 11.9 Å².